The molecular formula is C20H31FO. The van der Waals surface area contributed by atoms with E-state index in [2.05, 4.69) is 34.6 Å². The van der Waals surface area contributed by atoms with Crippen LogP contribution in [0.4, 0.5) is 4.39 Å². The Bertz CT molecular complexity index is 500. The van der Waals surface area contributed by atoms with Crippen LogP contribution in [0.1, 0.15) is 53.9 Å². The maximum absolute atomic E-state index is 15.0. The van der Waals surface area contributed by atoms with Crippen molar-refractivity contribution in [2.45, 2.75) is 53.9 Å². The summed E-state index contributed by atoms with van der Waals surface area (Å²) in [7, 11) is 1.61. The molecule has 0 aromatic carbocycles. The Morgan fingerprint density at radius 1 is 1.00 bits per heavy atom. The third-order valence-corrected chi connectivity index (χ3v) is 6.06. The van der Waals surface area contributed by atoms with Gasteiger partial charge in [0.05, 0.1) is 7.11 Å². The quantitative estimate of drug-likeness (QED) is 0.565. The van der Waals surface area contributed by atoms with Gasteiger partial charge in [-0.05, 0) is 55.1 Å². The van der Waals surface area contributed by atoms with E-state index in [-0.39, 0.29) is 11.7 Å². The third-order valence-electron chi connectivity index (χ3n) is 6.06. The van der Waals surface area contributed by atoms with Crippen molar-refractivity contribution in [2.24, 2.45) is 29.6 Å². The highest BCUT2D eigenvalue weighted by atomic mass is 19.1. The Balaban J connectivity index is 2.43. The maximum atomic E-state index is 15.0. The smallest absolute Gasteiger partial charge is 0.126 e. The Labute approximate surface area is 135 Å². The predicted octanol–water partition coefficient (Wildman–Crippen LogP) is 6.04. The lowest BCUT2D eigenvalue weighted by Gasteiger charge is -2.30. The van der Waals surface area contributed by atoms with Crippen LogP contribution in [0.3, 0.4) is 0 Å². The molecule has 1 saturated carbocycles. The molecule has 0 aliphatic heterocycles. The van der Waals surface area contributed by atoms with Gasteiger partial charge in [-0.3, -0.25) is 0 Å². The van der Waals surface area contributed by atoms with Gasteiger partial charge in [0.15, 0.2) is 0 Å². The zero-order chi connectivity index (χ0) is 16.4. The number of hydrogen-bond donors (Lipinski definition) is 0. The van der Waals surface area contributed by atoms with E-state index in [1.807, 2.05) is 6.08 Å². The van der Waals surface area contributed by atoms with Crippen LogP contribution in [0.25, 0.3) is 0 Å². The third kappa shape index (κ3) is 3.47. The summed E-state index contributed by atoms with van der Waals surface area (Å²) in [6.45, 7) is 11.2. The van der Waals surface area contributed by atoms with Crippen molar-refractivity contribution in [1.29, 1.82) is 0 Å². The van der Waals surface area contributed by atoms with Gasteiger partial charge in [0.1, 0.15) is 11.6 Å². The molecule has 1 fully saturated rings. The van der Waals surface area contributed by atoms with Gasteiger partial charge in [-0.25, -0.2) is 4.39 Å². The van der Waals surface area contributed by atoms with Crippen LogP contribution in [-0.4, -0.2) is 7.11 Å². The molecule has 1 nitrogen and oxygen atoms in total. The second kappa shape index (κ2) is 7.02. The number of ether oxygens (including phenoxy) is 1. The second-order valence-electron chi connectivity index (χ2n) is 7.52. The van der Waals surface area contributed by atoms with Crippen molar-refractivity contribution in [2.75, 3.05) is 7.11 Å². The fourth-order valence-corrected chi connectivity index (χ4v) is 3.98. The zero-order valence-corrected chi connectivity index (χ0v) is 14.9. The molecule has 0 aromatic rings. The minimum absolute atomic E-state index is 0.0731. The fourth-order valence-electron chi connectivity index (χ4n) is 3.98. The van der Waals surface area contributed by atoms with E-state index in [4.69, 9.17) is 4.74 Å². The monoisotopic (exact) mass is 306 g/mol. The van der Waals surface area contributed by atoms with Crippen molar-refractivity contribution in [3.63, 3.8) is 0 Å². The van der Waals surface area contributed by atoms with E-state index < -0.39 is 0 Å². The highest BCUT2D eigenvalue weighted by Crippen LogP contribution is 2.44. The molecule has 2 heteroatoms. The topological polar surface area (TPSA) is 9.23 Å². The summed E-state index contributed by atoms with van der Waals surface area (Å²) in [6.07, 6.45) is 7.11. The van der Waals surface area contributed by atoms with Crippen molar-refractivity contribution in [3.8, 4) is 0 Å². The minimum atomic E-state index is -0.0731. The van der Waals surface area contributed by atoms with Gasteiger partial charge >= 0.3 is 0 Å². The van der Waals surface area contributed by atoms with Gasteiger partial charge in [0.25, 0.3) is 0 Å². The van der Waals surface area contributed by atoms with E-state index >= 15 is 0 Å². The van der Waals surface area contributed by atoms with Gasteiger partial charge in [0.2, 0.25) is 0 Å². The largest absolute Gasteiger partial charge is 0.497 e. The molecule has 0 aromatic heterocycles. The van der Waals surface area contributed by atoms with Crippen LogP contribution < -0.4 is 0 Å². The van der Waals surface area contributed by atoms with Crippen LogP contribution in [0.2, 0.25) is 0 Å². The molecule has 0 N–H and O–H groups in total. The summed E-state index contributed by atoms with van der Waals surface area (Å²) in [4.78, 5) is 0. The van der Waals surface area contributed by atoms with Crippen molar-refractivity contribution >= 4 is 0 Å². The van der Waals surface area contributed by atoms with E-state index in [0.717, 1.165) is 17.9 Å². The molecule has 0 amide bonds. The number of methoxy groups -OCH3 is 1. The van der Waals surface area contributed by atoms with E-state index in [9.17, 15) is 4.39 Å². The molecule has 22 heavy (non-hydrogen) atoms. The molecule has 0 saturated heterocycles. The van der Waals surface area contributed by atoms with Crippen LogP contribution in [0.5, 0.6) is 0 Å². The standard InChI is InChI=1S/C20H31FO/c1-12-7-8-13(2)18(10-14(12)3)20-16(5)15(4)9-17(22-6)11-19(20)21/h9,11-14,16,18H,7-8,10H2,1-6H3/t12?,13-,14?,16?,18-/m0/s1. The molecule has 2 rings (SSSR count). The van der Waals surface area contributed by atoms with Crippen LogP contribution in [0, 0.1) is 29.6 Å². The number of allylic oxidation sites excluding steroid dienone is 5. The van der Waals surface area contributed by atoms with Crippen LogP contribution in [0.15, 0.2) is 34.9 Å². The molecular weight excluding hydrogens is 275 g/mol. The summed E-state index contributed by atoms with van der Waals surface area (Å²) in [5.41, 5.74) is 2.18. The summed E-state index contributed by atoms with van der Waals surface area (Å²) < 4.78 is 20.3. The first-order chi connectivity index (χ1) is 10.3. The SMILES string of the molecule is COC1=CC(F)=C([C@H]2CC(C)C(C)CC[C@@H]2C)C(C)C(C)=C1. The van der Waals surface area contributed by atoms with Gasteiger partial charge in [0, 0.05) is 12.0 Å². The lowest BCUT2D eigenvalue weighted by atomic mass is 9.74. The Kier molecular flexibility index (Phi) is 5.52. The Morgan fingerprint density at radius 3 is 2.27 bits per heavy atom. The van der Waals surface area contributed by atoms with Gasteiger partial charge < -0.3 is 4.74 Å². The predicted molar refractivity (Wildman–Crippen MR) is 91.0 cm³/mol. The molecule has 0 radical (unpaired) electrons. The first-order valence-corrected chi connectivity index (χ1v) is 8.68. The molecule has 0 bridgehead atoms. The highest BCUT2D eigenvalue weighted by Gasteiger charge is 2.34. The molecule has 0 spiro atoms. The lowest BCUT2D eigenvalue weighted by molar-refractivity contribution is 0.305. The normalized spacial score (nSPS) is 37.1. The highest BCUT2D eigenvalue weighted by molar-refractivity contribution is 5.38. The number of hydrogen-bond acceptors (Lipinski definition) is 1. The minimum Gasteiger partial charge on any atom is -0.497 e. The second-order valence-corrected chi connectivity index (χ2v) is 7.52. The zero-order valence-electron chi connectivity index (χ0n) is 14.9. The molecule has 2 aliphatic carbocycles. The Morgan fingerprint density at radius 2 is 1.64 bits per heavy atom. The number of rotatable bonds is 2. The first-order valence-electron chi connectivity index (χ1n) is 8.68. The van der Waals surface area contributed by atoms with Gasteiger partial charge in [-0.1, -0.05) is 39.7 Å². The van der Waals surface area contributed by atoms with Gasteiger partial charge in [-0.2, -0.15) is 0 Å². The van der Waals surface area contributed by atoms with Gasteiger partial charge in [-0.15, -0.1) is 0 Å². The fraction of sp³-hybridized carbons (Fsp3) is 0.700. The average molecular weight is 306 g/mol. The molecule has 3 unspecified atom stereocenters. The molecule has 0 heterocycles. The maximum Gasteiger partial charge on any atom is 0.126 e. The van der Waals surface area contributed by atoms with Crippen molar-refractivity contribution in [1.82, 2.24) is 0 Å². The van der Waals surface area contributed by atoms with Crippen molar-refractivity contribution < 1.29 is 9.13 Å². The lowest BCUT2D eigenvalue weighted by Crippen LogP contribution is -2.21. The van der Waals surface area contributed by atoms with Crippen molar-refractivity contribution in [3.05, 3.63) is 34.9 Å². The molecule has 124 valence electrons. The first kappa shape index (κ1) is 17.3. The van der Waals surface area contributed by atoms with E-state index in [1.54, 1.807) is 13.2 Å². The van der Waals surface area contributed by atoms with Crippen LogP contribution >= 0.6 is 0 Å². The van der Waals surface area contributed by atoms with E-state index in [0.29, 0.717) is 23.5 Å². The number of halogens is 1. The summed E-state index contributed by atoms with van der Waals surface area (Å²) in [5.74, 6) is 2.97. The Hall–Kier alpha value is -1.05. The summed E-state index contributed by atoms with van der Waals surface area (Å²) >= 11 is 0. The van der Waals surface area contributed by atoms with E-state index in [1.165, 1.54) is 18.4 Å². The summed E-state index contributed by atoms with van der Waals surface area (Å²) in [6, 6.07) is 0. The molecule has 2 aliphatic rings. The van der Waals surface area contributed by atoms with Crippen LogP contribution in [-0.2, 0) is 4.74 Å². The summed E-state index contributed by atoms with van der Waals surface area (Å²) in [5, 5.41) is 0. The average Bonchev–Trinajstić information content (AvgIpc) is 2.66. The molecule has 5 atom stereocenters.